The second-order valence-corrected chi connectivity index (χ2v) is 8.06. The molecule has 2 aromatic carbocycles. The van der Waals surface area contributed by atoms with Gasteiger partial charge in [-0.2, -0.15) is 0 Å². The summed E-state index contributed by atoms with van der Waals surface area (Å²) in [4.78, 5) is 12.0. The Kier molecular flexibility index (Phi) is 6.84. The van der Waals surface area contributed by atoms with Crippen LogP contribution in [-0.4, -0.2) is 21.9 Å². The average molecular weight is 400 g/mol. The van der Waals surface area contributed by atoms with E-state index in [1.165, 1.54) is 22.5 Å². The number of thioether (sulfide) groups is 1. The molecule has 0 bridgehead atoms. The SMILES string of the molecule is Cc1cccc(OCc2nnc(NC(=O)CSCc3ccccc3)s2)c1C. The Balaban J connectivity index is 1.44. The van der Waals surface area contributed by atoms with E-state index in [9.17, 15) is 4.79 Å². The lowest BCUT2D eigenvalue weighted by molar-refractivity contribution is -0.113. The Bertz CT molecular complexity index is 897. The van der Waals surface area contributed by atoms with Gasteiger partial charge in [0.2, 0.25) is 11.0 Å². The predicted molar refractivity (Wildman–Crippen MR) is 111 cm³/mol. The molecule has 3 rings (SSSR count). The third kappa shape index (κ3) is 5.80. The van der Waals surface area contributed by atoms with E-state index in [4.69, 9.17) is 4.74 Å². The molecule has 0 radical (unpaired) electrons. The molecule has 0 fully saturated rings. The van der Waals surface area contributed by atoms with E-state index < -0.39 is 0 Å². The monoisotopic (exact) mass is 399 g/mol. The Morgan fingerprint density at radius 3 is 2.74 bits per heavy atom. The van der Waals surface area contributed by atoms with E-state index in [0.29, 0.717) is 17.5 Å². The van der Waals surface area contributed by atoms with E-state index in [1.54, 1.807) is 11.8 Å². The highest BCUT2D eigenvalue weighted by Crippen LogP contribution is 2.23. The Labute approximate surface area is 167 Å². The standard InChI is InChI=1S/C20H21N3O2S2/c1-14-7-6-10-17(15(14)2)25-11-19-22-23-20(27-19)21-18(24)13-26-12-16-8-4-3-5-9-16/h3-10H,11-13H2,1-2H3,(H,21,23,24). The molecule has 1 N–H and O–H groups in total. The summed E-state index contributed by atoms with van der Waals surface area (Å²) >= 11 is 2.90. The summed E-state index contributed by atoms with van der Waals surface area (Å²) in [6, 6.07) is 16.1. The summed E-state index contributed by atoms with van der Waals surface area (Å²) in [7, 11) is 0. The molecule has 5 nitrogen and oxygen atoms in total. The smallest absolute Gasteiger partial charge is 0.236 e. The summed E-state index contributed by atoms with van der Waals surface area (Å²) in [5.41, 5.74) is 3.51. The zero-order valence-corrected chi connectivity index (χ0v) is 16.9. The number of aromatic nitrogens is 2. The van der Waals surface area contributed by atoms with Crippen molar-refractivity contribution >= 4 is 34.1 Å². The molecule has 0 aliphatic heterocycles. The van der Waals surface area contributed by atoms with Crippen molar-refractivity contribution in [2.75, 3.05) is 11.1 Å². The van der Waals surface area contributed by atoms with E-state index in [1.807, 2.05) is 37.3 Å². The topological polar surface area (TPSA) is 64.1 Å². The van der Waals surface area contributed by atoms with Crippen LogP contribution in [0, 0.1) is 13.8 Å². The van der Waals surface area contributed by atoms with Crippen molar-refractivity contribution in [2.24, 2.45) is 0 Å². The van der Waals surface area contributed by atoms with Crippen LogP contribution in [0.15, 0.2) is 48.5 Å². The molecule has 3 aromatic rings. The molecule has 0 aliphatic rings. The minimum atomic E-state index is -0.0749. The molecule has 0 saturated heterocycles. The third-order valence-corrected chi connectivity index (χ3v) is 5.78. The van der Waals surface area contributed by atoms with Gasteiger partial charge in [0.25, 0.3) is 0 Å². The second kappa shape index (κ2) is 9.53. The van der Waals surface area contributed by atoms with Crippen LogP contribution in [0.3, 0.4) is 0 Å². The van der Waals surface area contributed by atoms with Crippen LogP contribution < -0.4 is 10.1 Å². The minimum Gasteiger partial charge on any atom is -0.486 e. The van der Waals surface area contributed by atoms with Gasteiger partial charge in [-0.15, -0.1) is 22.0 Å². The number of amides is 1. The highest BCUT2D eigenvalue weighted by atomic mass is 32.2. The van der Waals surface area contributed by atoms with Crippen molar-refractivity contribution < 1.29 is 9.53 Å². The molecule has 140 valence electrons. The maximum absolute atomic E-state index is 12.0. The fourth-order valence-corrected chi connectivity index (χ4v) is 3.83. The van der Waals surface area contributed by atoms with E-state index in [0.717, 1.165) is 22.1 Å². The number of nitrogens with one attached hydrogen (secondary N) is 1. The van der Waals surface area contributed by atoms with Crippen molar-refractivity contribution in [3.63, 3.8) is 0 Å². The van der Waals surface area contributed by atoms with E-state index in [2.05, 4.69) is 40.6 Å². The second-order valence-electron chi connectivity index (χ2n) is 6.01. The van der Waals surface area contributed by atoms with Crippen LogP contribution in [0.25, 0.3) is 0 Å². The van der Waals surface area contributed by atoms with Crippen molar-refractivity contribution in [3.8, 4) is 5.75 Å². The number of hydrogen-bond acceptors (Lipinski definition) is 6. The minimum absolute atomic E-state index is 0.0749. The van der Waals surface area contributed by atoms with Crippen molar-refractivity contribution in [3.05, 3.63) is 70.2 Å². The van der Waals surface area contributed by atoms with Gasteiger partial charge in [-0.25, -0.2) is 0 Å². The van der Waals surface area contributed by atoms with Gasteiger partial charge < -0.3 is 4.74 Å². The first-order chi connectivity index (χ1) is 13.1. The molecule has 1 amide bonds. The highest BCUT2D eigenvalue weighted by Gasteiger charge is 2.10. The van der Waals surface area contributed by atoms with Crippen molar-refractivity contribution in [2.45, 2.75) is 26.2 Å². The first-order valence-corrected chi connectivity index (χ1v) is 10.5. The molecule has 0 atom stereocenters. The van der Waals surface area contributed by atoms with Gasteiger partial charge in [0.1, 0.15) is 12.4 Å². The summed E-state index contributed by atoms with van der Waals surface area (Å²) in [6.45, 7) is 4.42. The van der Waals surface area contributed by atoms with Crippen molar-refractivity contribution in [1.82, 2.24) is 10.2 Å². The first kappa shape index (κ1) is 19.4. The molecular weight excluding hydrogens is 378 g/mol. The molecule has 0 unspecified atom stereocenters. The van der Waals surface area contributed by atoms with Gasteiger partial charge in [0.15, 0.2) is 5.01 Å². The largest absolute Gasteiger partial charge is 0.486 e. The molecule has 0 aliphatic carbocycles. The van der Waals surface area contributed by atoms with Gasteiger partial charge in [-0.1, -0.05) is 53.8 Å². The van der Waals surface area contributed by atoms with Crippen LogP contribution >= 0.6 is 23.1 Å². The number of carbonyl (C=O) groups excluding carboxylic acids is 1. The van der Waals surface area contributed by atoms with Gasteiger partial charge in [0, 0.05) is 5.75 Å². The van der Waals surface area contributed by atoms with E-state index in [-0.39, 0.29) is 5.91 Å². The number of aryl methyl sites for hydroxylation is 1. The van der Waals surface area contributed by atoms with Gasteiger partial charge in [-0.3, -0.25) is 10.1 Å². The van der Waals surface area contributed by atoms with E-state index >= 15 is 0 Å². The number of carbonyl (C=O) groups is 1. The zero-order chi connectivity index (χ0) is 19.1. The fourth-order valence-electron chi connectivity index (χ4n) is 2.37. The number of anilines is 1. The molecule has 0 saturated carbocycles. The fraction of sp³-hybridized carbons (Fsp3) is 0.250. The van der Waals surface area contributed by atoms with Crippen LogP contribution in [0.5, 0.6) is 5.75 Å². The molecule has 27 heavy (non-hydrogen) atoms. The van der Waals surface area contributed by atoms with Gasteiger partial charge in [0.05, 0.1) is 5.75 Å². The van der Waals surface area contributed by atoms with Crippen LogP contribution in [0.2, 0.25) is 0 Å². The molecule has 0 spiro atoms. The van der Waals surface area contributed by atoms with Gasteiger partial charge >= 0.3 is 0 Å². The first-order valence-electron chi connectivity index (χ1n) is 8.55. The highest BCUT2D eigenvalue weighted by molar-refractivity contribution is 7.99. The third-order valence-electron chi connectivity index (χ3n) is 3.96. The number of rotatable bonds is 8. The molecular formula is C20H21N3O2S2. The molecule has 1 aromatic heterocycles. The Hall–Kier alpha value is -2.38. The average Bonchev–Trinajstić information content (AvgIpc) is 3.11. The maximum atomic E-state index is 12.0. The van der Waals surface area contributed by atoms with Crippen LogP contribution in [-0.2, 0) is 17.2 Å². The number of hydrogen-bond donors (Lipinski definition) is 1. The van der Waals surface area contributed by atoms with Gasteiger partial charge in [-0.05, 0) is 36.6 Å². The quantitative estimate of drug-likeness (QED) is 0.599. The summed E-state index contributed by atoms with van der Waals surface area (Å²) in [6.07, 6.45) is 0. The normalized spacial score (nSPS) is 10.6. The predicted octanol–water partition coefficient (Wildman–Crippen LogP) is 4.61. The Morgan fingerprint density at radius 1 is 1.11 bits per heavy atom. The maximum Gasteiger partial charge on any atom is 0.236 e. The molecule has 1 heterocycles. The van der Waals surface area contributed by atoms with Crippen molar-refractivity contribution in [1.29, 1.82) is 0 Å². The lowest BCUT2D eigenvalue weighted by atomic mass is 10.1. The summed E-state index contributed by atoms with van der Waals surface area (Å²) in [5.74, 6) is 1.95. The number of ether oxygens (including phenoxy) is 1. The lowest BCUT2D eigenvalue weighted by Gasteiger charge is -2.08. The lowest BCUT2D eigenvalue weighted by Crippen LogP contribution is -2.13. The Morgan fingerprint density at radius 2 is 1.93 bits per heavy atom. The zero-order valence-electron chi connectivity index (χ0n) is 15.3. The van der Waals surface area contributed by atoms with Crippen LogP contribution in [0.4, 0.5) is 5.13 Å². The number of benzene rings is 2. The summed E-state index contributed by atoms with van der Waals surface area (Å²) < 4.78 is 5.83. The summed E-state index contributed by atoms with van der Waals surface area (Å²) in [5, 5.41) is 12.1. The number of nitrogens with zero attached hydrogens (tertiary/aromatic N) is 2. The molecule has 7 heteroatoms. The van der Waals surface area contributed by atoms with Crippen LogP contribution in [0.1, 0.15) is 21.7 Å².